The minimum Gasteiger partial charge on any atom is -0.384 e. The average Bonchev–Trinajstić information content (AvgIpc) is 3.02. The van der Waals surface area contributed by atoms with Crippen LogP contribution in [0.4, 0.5) is 13.2 Å². The minimum atomic E-state index is -4.47. The van der Waals surface area contributed by atoms with Crippen LogP contribution in [0.25, 0.3) is 11.4 Å². The van der Waals surface area contributed by atoms with Gasteiger partial charge < -0.3 is 5.11 Å². The number of rotatable bonds is 4. The van der Waals surface area contributed by atoms with Gasteiger partial charge in [0.25, 0.3) is 0 Å². The second-order valence-electron chi connectivity index (χ2n) is 5.84. The smallest absolute Gasteiger partial charge is 0.384 e. The Kier molecular flexibility index (Phi) is 4.30. The molecule has 3 rings (SSSR count). The van der Waals surface area contributed by atoms with E-state index in [4.69, 9.17) is 0 Å². The van der Waals surface area contributed by atoms with Gasteiger partial charge in [0, 0.05) is 18.0 Å². The summed E-state index contributed by atoms with van der Waals surface area (Å²) in [6.45, 7) is 1.38. The average molecular weight is 348 g/mol. The summed E-state index contributed by atoms with van der Waals surface area (Å²) in [5.41, 5.74) is -1.53. The second kappa shape index (κ2) is 6.29. The molecular formula is C17H15F3N4O. The Bertz CT molecular complexity index is 860. The van der Waals surface area contributed by atoms with E-state index < -0.39 is 17.3 Å². The lowest BCUT2D eigenvalue weighted by Crippen LogP contribution is -2.29. The fourth-order valence-corrected chi connectivity index (χ4v) is 2.51. The molecule has 0 fully saturated rings. The largest absolute Gasteiger partial charge is 0.416 e. The quantitative estimate of drug-likeness (QED) is 0.786. The van der Waals surface area contributed by atoms with Gasteiger partial charge in [-0.3, -0.25) is 4.98 Å². The zero-order valence-corrected chi connectivity index (χ0v) is 13.3. The van der Waals surface area contributed by atoms with Crippen LogP contribution >= 0.6 is 0 Å². The van der Waals surface area contributed by atoms with Gasteiger partial charge in [-0.2, -0.15) is 18.3 Å². The van der Waals surface area contributed by atoms with Crippen LogP contribution in [-0.2, 0) is 18.3 Å². The zero-order valence-electron chi connectivity index (χ0n) is 13.3. The molecule has 3 aromatic rings. The lowest BCUT2D eigenvalue weighted by Gasteiger charge is -2.25. The molecule has 2 aromatic heterocycles. The number of nitrogens with zero attached hydrogens (tertiary/aromatic N) is 4. The SMILES string of the molecule is CC(O)(Cn1ncnc1-c1cccnc1)c1cccc(C(F)(F)F)c1. The van der Waals surface area contributed by atoms with Gasteiger partial charge in [0.15, 0.2) is 5.82 Å². The summed E-state index contributed by atoms with van der Waals surface area (Å²) in [6, 6.07) is 8.16. The van der Waals surface area contributed by atoms with Gasteiger partial charge in [0.1, 0.15) is 11.9 Å². The van der Waals surface area contributed by atoms with Gasteiger partial charge in [-0.1, -0.05) is 12.1 Å². The lowest BCUT2D eigenvalue weighted by molar-refractivity contribution is -0.137. The maximum atomic E-state index is 12.9. The van der Waals surface area contributed by atoms with Crippen molar-refractivity contribution >= 4 is 0 Å². The highest BCUT2D eigenvalue weighted by molar-refractivity contribution is 5.52. The molecule has 0 aliphatic rings. The fourth-order valence-electron chi connectivity index (χ4n) is 2.51. The number of hydrogen-bond acceptors (Lipinski definition) is 4. The van der Waals surface area contributed by atoms with Gasteiger partial charge in [-0.25, -0.2) is 9.67 Å². The van der Waals surface area contributed by atoms with E-state index in [1.807, 2.05) is 0 Å². The van der Waals surface area contributed by atoms with Crippen LogP contribution in [0.1, 0.15) is 18.1 Å². The molecule has 5 nitrogen and oxygen atoms in total. The predicted molar refractivity (Wildman–Crippen MR) is 84.3 cm³/mol. The van der Waals surface area contributed by atoms with Crippen molar-refractivity contribution in [2.75, 3.05) is 0 Å². The number of halogens is 3. The van der Waals surface area contributed by atoms with Crippen molar-refractivity contribution in [3.8, 4) is 11.4 Å². The molecule has 8 heteroatoms. The Hall–Kier alpha value is -2.74. The zero-order chi connectivity index (χ0) is 18.1. The molecule has 0 amide bonds. The Morgan fingerprint density at radius 3 is 2.56 bits per heavy atom. The third-order valence-corrected chi connectivity index (χ3v) is 3.80. The summed E-state index contributed by atoms with van der Waals surface area (Å²) in [5.74, 6) is 0.473. The third kappa shape index (κ3) is 3.69. The normalized spacial score (nSPS) is 14.3. The Morgan fingerprint density at radius 2 is 1.88 bits per heavy atom. The summed E-state index contributed by atoms with van der Waals surface area (Å²) in [5, 5.41) is 14.8. The lowest BCUT2D eigenvalue weighted by atomic mass is 9.94. The number of pyridine rings is 1. The summed E-state index contributed by atoms with van der Waals surface area (Å²) >= 11 is 0. The minimum absolute atomic E-state index is 0.0570. The van der Waals surface area contributed by atoms with E-state index in [1.165, 1.54) is 30.1 Å². The summed E-state index contributed by atoms with van der Waals surface area (Å²) in [6.07, 6.45) is 0.0628. The highest BCUT2D eigenvalue weighted by Crippen LogP contribution is 2.33. The van der Waals surface area contributed by atoms with E-state index in [9.17, 15) is 18.3 Å². The van der Waals surface area contributed by atoms with Crippen molar-refractivity contribution in [1.82, 2.24) is 19.7 Å². The number of alkyl halides is 3. The molecule has 2 heterocycles. The number of aliphatic hydroxyl groups is 1. The highest BCUT2D eigenvalue weighted by atomic mass is 19.4. The second-order valence-corrected chi connectivity index (χ2v) is 5.84. The van der Waals surface area contributed by atoms with Gasteiger partial charge in [0.05, 0.1) is 12.1 Å². The van der Waals surface area contributed by atoms with E-state index >= 15 is 0 Å². The first-order valence-corrected chi connectivity index (χ1v) is 7.46. The number of aromatic nitrogens is 4. The van der Waals surface area contributed by atoms with Crippen LogP contribution in [-0.4, -0.2) is 24.9 Å². The van der Waals surface area contributed by atoms with E-state index in [2.05, 4.69) is 15.1 Å². The van der Waals surface area contributed by atoms with Crippen LogP contribution in [0.5, 0.6) is 0 Å². The van der Waals surface area contributed by atoms with Crippen molar-refractivity contribution in [3.63, 3.8) is 0 Å². The predicted octanol–water partition coefficient (Wildman–Crippen LogP) is 3.27. The molecule has 25 heavy (non-hydrogen) atoms. The molecule has 1 atom stereocenters. The maximum Gasteiger partial charge on any atom is 0.416 e. The molecule has 1 N–H and O–H groups in total. The monoisotopic (exact) mass is 348 g/mol. The van der Waals surface area contributed by atoms with Crippen LogP contribution in [0.2, 0.25) is 0 Å². The van der Waals surface area contributed by atoms with Crippen molar-refractivity contribution < 1.29 is 18.3 Å². The van der Waals surface area contributed by atoms with Crippen LogP contribution in [0.15, 0.2) is 55.1 Å². The van der Waals surface area contributed by atoms with Crippen molar-refractivity contribution in [3.05, 3.63) is 66.2 Å². The third-order valence-electron chi connectivity index (χ3n) is 3.80. The van der Waals surface area contributed by atoms with Crippen LogP contribution in [0, 0.1) is 0 Å². The van der Waals surface area contributed by atoms with Crippen LogP contribution < -0.4 is 0 Å². The van der Waals surface area contributed by atoms with Crippen LogP contribution in [0.3, 0.4) is 0 Å². The van der Waals surface area contributed by atoms with Gasteiger partial charge >= 0.3 is 6.18 Å². The fraction of sp³-hybridized carbons (Fsp3) is 0.235. The van der Waals surface area contributed by atoms with E-state index in [-0.39, 0.29) is 12.1 Å². The van der Waals surface area contributed by atoms with E-state index in [0.29, 0.717) is 11.4 Å². The molecular weight excluding hydrogens is 333 g/mol. The molecule has 0 aliphatic carbocycles. The first kappa shape index (κ1) is 17.1. The molecule has 1 aromatic carbocycles. The summed E-state index contributed by atoms with van der Waals surface area (Å²) < 4.78 is 40.1. The molecule has 0 saturated carbocycles. The van der Waals surface area contributed by atoms with Crippen molar-refractivity contribution in [1.29, 1.82) is 0 Å². The first-order valence-electron chi connectivity index (χ1n) is 7.46. The van der Waals surface area contributed by atoms with Gasteiger partial charge in [-0.15, -0.1) is 0 Å². The maximum absolute atomic E-state index is 12.9. The molecule has 0 spiro atoms. The molecule has 130 valence electrons. The number of benzene rings is 1. The van der Waals surface area contributed by atoms with E-state index in [0.717, 1.165) is 12.1 Å². The molecule has 0 aliphatic heterocycles. The summed E-state index contributed by atoms with van der Waals surface area (Å²) in [4.78, 5) is 8.15. The molecule has 0 bridgehead atoms. The Balaban J connectivity index is 1.92. The molecule has 1 unspecified atom stereocenters. The van der Waals surface area contributed by atoms with Gasteiger partial charge in [0.2, 0.25) is 0 Å². The van der Waals surface area contributed by atoms with Gasteiger partial charge in [-0.05, 0) is 36.8 Å². The van der Waals surface area contributed by atoms with Crippen molar-refractivity contribution in [2.24, 2.45) is 0 Å². The number of hydrogen-bond donors (Lipinski definition) is 1. The summed E-state index contributed by atoms with van der Waals surface area (Å²) in [7, 11) is 0. The van der Waals surface area contributed by atoms with Crippen molar-refractivity contribution in [2.45, 2.75) is 25.2 Å². The Morgan fingerprint density at radius 1 is 1.12 bits per heavy atom. The molecule has 0 radical (unpaired) electrons. The topological polar surface area (TPSA) is 63.8 Å². The molecule has 0 saturated heterocycles. The standard InChI is InChI=1S/C17H15F3N4O/c1-16(25,13-5-2-6-14(8-13)17(18,19)20)10-24-15(22-11-23-24)12-4-3-7-21-9-12/h2-9,11,25H,10H2,1H3. The Labute approximate surface area is 141 Å². The first-order chi connectivity index (χ1) is 11.8. The highest BCUT2D eigenvalue weighted by Gasteiger charge is 2.33. The van der Waals surface area contributed by atoms with E-state index in [1.54, 1.807) is 24.5 Å².